The summed E-state index contributed by atoms with van der Waals surface area (Å²) < 4.78 is 22.5. The first kappa shape index (κ1) is 58.9. The lowest BCUT2D eigenvalue weighted by atomic mass is 9.88. The number of carbonyl (C=O) groups excluding carboxylic acids is 8. The van der Waals surface area contributed by atoms with Crippen molar-refractivity contribution in [3.8, 4) is 11.5 Å². The number of hydrogen-bond donors (Lipinski definition) is 7. The molecule has 20 heteroatoms. The van der Waals surface area contributed by atoms with Gasteiger partial charge >= 0.3 is 0 Å². The Balaban J connectivity index is 0.902. The van der Waals surface area contributed by atoms with Gasteiger partial charge in [0.1, 0.15) is 46.9 Å². The molecule has 5 aliphatic rings. The normalized spacial score (nSPS) is 22.8. The summed E-state index contributed by atoms with van der Waals surface area (Å²) >= 11 is 0. The molecule has 2 saturated heterocycles. The Bertz CT molecular complexity index is 3050. The molecule has 1 aromatic heterocycles. The first-order valence-corrected chi connectivity index (χ1v) is 28.6. The zero-order valence-electron chi connectivity index (χ0n) is 47.5. The molecule has 4 fully saturated rings. The summed E-state index contributed by atoms with van der Waals surface area (Å²) in [5, 5.41) is 17.2. The van der Waals surface area contributed by atoms with Crippen molar-refractivity contribution >= 4 is 53.1 Å². The van der Waals surface area contributed by atoms with Crippen molar-refractivity contribution in [3.05, 3.63) is 118 Å². The average Bonchev–Trinajstić information content (AvgIpc) is 3.97. The van der Waals surface area contributed by atoms with Crippen molar-refractivity contribution in [1.82, 2.24) is 41.9 Å². The summed E-state index contributed by atoms with van der Waals surface area (Å²) in [5.41, 5.74) is 2.67. The Labute approximate surface area is 477 Å². The van der Waals surface area contributed by atoms with Gasteiger partial charge in [0, 0.05) is 37.2 Å². The van der Waals surface area contributed by atoms with Crippen molar-refractivity contribution in [2.24, 2.45) is 11.8 Å². The van der Waals surface area contributed by atoms with Gasteiger partial charge in [-0.2, -0.15) is 0 Å². The van der Waals surface area contributed by atoms with E-state index < -0.39 is 77.0 Å². The second-order valence-electron chi connectivity index (χ2n) is 23.2. The third-order valence-corrected chi connectivity index (χ3v) is 16.9. The number of epoxide rings is 2. The van der Waals surface area contributed by atoms with Crippen LogP contribution in [0.25, 0.3) is 6.08 Å². The zero-order valence-corrected chi connectivity index (χ0v) is 47.5. The second-order valence-corrected chi connectivity index (χ2v) is 23.2. The molecule has 0 spiro atoms. The number of amides is 6. The van der Waals surface area contributed by atoms with Gasteiger partial charge in [-0.1, -0.05) is 74.2 Å². The SMILES string of the molecule is COc1ccc(CC(NC(=O)C(C)NC(=O)C2=Cc3ccccc3C2)C(=O)NC(CC2CCC(c3cc(CC(NC(=O)C(C)NC(=O)c4ncc[nH]4)C(=O)NC(CC4CCCC4)C(=O)C4(C)CO4)ccc3OC)C2)C(=O)C2(C)CO2)cc1. The summed E-state index contributed by atoms with van der Waals surface area (Å²) in [6, 6.07) is 14.2. The molecule has 3 aromatic carbocycles. The van der Waals surface area contributed by atoms with Gasteiger partial charge in [0.2, 0.25) is 29.5 Å². The van der Waals surface area contributed by atoms with E-state index in [0.29, 0.717) is 54.7 Å². The number of fused-ring (bicyclic) bond motifs is 1. The van der Waals surface area contributed by atoms with Crippen LogP contribution in [0.5, 0.6) is 11.5 Å². The molecule has 436 valence electrons. The number of rotatable bonds is 27. The maximum Gasteiger partial charge on any atom is 0.287 e. The number of imidazole rings is 1. The Kier molecular flexibility index (Phi) is 18.4. The highest BCUT2D eigenvalue weighted by Gasteiger charge is 2.52. The molecule has 0 bridgehead atoms. The van der Waals surface area contributed by atoms with Crippen molar-refractivity contribution < 1.29 is 57.3 Å². The molecule has 7 N–H and O–H groups in total. The first-order valence-electron chi connectivity index (χ1n) is 28.6. The molecule has 10 atom stereocenters. The number of nitrogens with zero attached hydrogens (tertiary/aromatic N) is 1. The number of Topliss-reactive ketones (excluding diaryl/α,β-unsaturated/α-hetero) is 2. The van der Waals surface area contributed by atoms with Gasteiger partial charge in [-0.05, 0) is 130 Å². The quantitative estimate of drug-likeness (QED) is 0.0400. The summed E-state index contributed by atoms with van der Waals surface area (Å²) in [6.45, 7) is 6.94. The summed E-state index contributed by atoms with van der Waals surface area (Å²) in [4.78, 5) is 118. The van der Waals surface area contributed by atoms with Gasteiger partial charge in [0.15, 0.2) is 17.4 Å². The topological polar surface area (TPSA) is 281 Å². The van der Waals surface area contributed by atoms with Crippen LogP contribution in [0.15, 0.2) is 84.7 Å². The fraction of sp³-hybridized carbons (Fsp3) is 0.500. The molecule has 9 rings (SSSR count). The molecule has 2 saturated carbocycles. The van der Waals surface area contributed by atoms with Crippen molar-refractivity contribution in [2.75, 3.05) is 27.4 Å². The van der Waals surface area contributed by atoms with Crippen molar-refractivity contribution in [3.63, 3.8) is 0 Å². The third-order valence-electron chi connectivity index (χ3n) is 16.9. The van der Waals surface area contributed by atoms with Crippen LogP contribution in [0.4, 0.5) is 0 Å². The van der Waals surface area contributed by atoms with E-state index in [1.54, 1.807) is 65.3 Å². The fourth-order valence-corrected chi connectivity index (χ4v) is 11.7. The monoisotopic (exact) mass is 1120 g/mol. The van der Waals surface area contributed by atoms with Crippen LogP contribution in [-0.4, -0.2) is 132 Å². The molecular weight excluding hydrogens is 1050 g/mol. The maximum absolute atomic E-state index is 14.6. The number of benzene rings is 3. The number of nitrogens with one attached hydrogen (secondary N) is 7. The number of ether oxygens (including phenoxy) is 4. The second kappa shape index (κ2) is 25.6. The molecule has 10 unspecified atom stereocenters. The van der Waals surface area contributed by atoms with Gasteiger partial charge in [-0.3, -0.25) is 38.4 Å². The third kappa shape index (κ3) is 14.5. The van der Waals surface area contributed by atoms with Crippen LogP contribution < -0.4 is 41.4 Å². The molecule has 20 nitrogen and oxygen atoms in total. The van der Waals surface area contributed by atoms with Crippen LogP contribution in [0.1, 0.15) is 130 Å². The molecule has 3 aliphatic carbocycles. The smallest absolute Gasteiger partial charge is 0.287 e. The van der Waals surface area contributed by atoms with Crippen LogP contribution in [0, 0.1) is 11.8 Å². The molecule has 6 amide bonds. The van der Waals surface area contributed by atoms with Crippen LogP contribution in [0.3, 0.4) is 0 Å². The highest BCUT2D eigenvalue weighted by molar-refractivity contribution is 6.03. The van der Waals surface area contributed by atoms with Gasteiger partial charge in [0.25, 0.3) is 5.91 Å². The van der Waals surface area contributed by atoms with Crippen LogP contribution in [-0.2, 0) is 62.3 Å². The van der Waals surface area contributed by atoms with Crippen molar-refractivity contribution in [2.45, 2.75) is 158 Å². The lowest BCUT2D eigenvalue weighted by molar-refractivity contribution is -0.134. The lowest BCUT2D eigenvalue weighted by Crippen LogP contribution is -2.57. The zero-order chi connectivity index (χ0) is 58.3. The molecule has 82 heavy (non-hydrogen) atoms. The van der Waals surface area contributed by atoms with Crippen LogP contribution in [0.2, 0.25) is 0 Å². The van der Waals surface area contributed by atoms with Crippen LogP contribution >= 0.6 is 0 Å². The molecule has 4 aromatic rings. The molecule has 3 heterocycles. The fourth-order valence-electron chi connectivity index (χ4n) is 11.7. The minimum Gasteiger partial charge on any atom is -0.497 e. The van der Waals surface area contributed by atoms with E-state index in [-0.39, 0.29) is 73.5 Å². The van der Waals surface area contributed by atoms with E-state index in [0.717, 1.165) is 47.9 Å². The average molecular weight is 1130 g/mol. The standard InChI is InChI=1S/C62H76N8O12/c1-35(65-57(75)44-31-41-13-9-10-14-42(41)32-44)55(73)69-49(28-38-16-20-45(79-5)21-17-38)58(76)68-48(53(72)62(4)34-82-62)29-39-15-19-43(25-39)46-26-40(18-22-51(46)80-6)30-50(70-56(74)36(2)66-60(78)54-63-23-24-64-54)59(77)67-47(27-37-11-7-8-12-37)52(71)61(3)33-81-61/h9-10,13-14,16-18,20-24,26,31,35-37,39,43,47-50H,7-8,11-12,15,19,25,27-30,32-34H2,1-6H3,(H,63,64)(H,65,75)(H,66,78)(H,67,77)(H,68,76)(H,69,73)(H,70,74). The highest BCUT2D eigenvalue weighted by Crippen LogP contribution is 2.45. The number of H-pyrrole nitrogens is 1. The predicted octanol–water partition coefficient (Wildman–Crippen LogP) is 4.68. The minimum absolute atomic E-state index is 0.0187. The molecule has 0 radical (unpaired) electrons. The van der Waals surface area contributed by atoms with Gasteiger partial charge in [0.05, 0.1) is 39.5 Å². The van der Waals surface area contributed by atoms with Gasteiger partial charge in [-0.25, -0.2) is 4.98 Å². The Morgan fingerprint density at radius 1 is 0.646 bits per heavy atom. The number of carbonyl (C=O) groups is 8. The summed E-state index contributed by atoms with van der Waals surface area (Å²) in [5.74, 6) is -2.46. The Morgan fingerprint density at radius 3 is 1.77 bits per heavy atom. The number of hydrogen-bond acceptors (Lipinski definition) is 13. The number of aromatic nitrogens is 2. The first-order chi connectivity index (χ1) is 39.3. The van der Waals surface area contributed by atoms with E-state index in [2.05, 4.69) is 41.9 Å². The lowest BCUT2D eigenvalue weighted by Gasteiger charge is -2.27. The predicted molar refractivity (Wildman–Crippen MR) is 302 cm³/mol. The Hall–Kier alpha value is -7.71. The Morgan fingerprint density at radius 2 is 1.21 bits per heavy atom. The number of ketones is 2. The summed E-state index contributed by atoms with van der Waals surface area (Å²) in [6.07, 6.45) is 12.0. The van der Waals surface area contributed by atoms with E-state index in [1.807, 2.05) is 42.5 Å². The minimum atomic E-state index is -1.17. The van der Waals surface area contributed by atoms with Gasteiger partial charge in [-0.15, -0.1) is 0 Å². The maximum atomic E-state index is 14.6. The molecule has 2 aliphatic heterocycles. The van der Waals surface area contributed by atoms with Crippen molar-refractivity contribution in [1.29, 1.82) is 0 Å². The molecular formula is C62H76N8O12. The van der Waals surface area contributed by atoms with Gasteiger partial charge < -0.3 is 55.8 Å². The van der Waals surface area contributed by atoms with E-state index >= 15 is 0 Å². The number of methoxy groups -OCH3 is 2. The highest BCUT2D eigenvalue weighted by atomic mass is 16.6. The largest absolute Gasteiger partial charge is 0.497 e. The van der Waals surface area contributed by atoms with E-state index in [1.165, 1.54) is 19.3 Å². The number of aromatic amines is 1. The van der Waals surface area contributed by atoms with E-state index in [9.17, 15) is 38.4 Å². The van der Waals surface area contributed by atoms with E-state index in [4.69, 9.17) is 18.9 Å². The summed E-state index contributed by atoms with van der Waals surface area (Å²) in [7, 11) is 3.13.